The zero-order valence-corrected chi connectivity index (χ0v) is 13.3. The maximum atomic E-state index is 12.0. The van der Waals surface area contributed by atoms with Crippen LogP contribution in [0, 0.1) is 5.92 Å². The van der Waals surface area contributed by atoms with Crippen LogP contribution in [0.3, 0.4) is 0 Å². The number of aromatic nitrogens is 2. The number of aryl methyl sites for hydroxylation is 2. The molecule has 2 heterocycles. The Balaban J connectivity index is 1.35. The first kappa shape index (κ1) is 15.3. The molecule has 1 aromatic heterocycles. The van der Waals surface area contributed by atoms with E-state index in [1.54, 1.807) is 4.68 Å². The van der Waals surface area contributed by atoms with Gasteiger partial charge in [0.2, 0.25) is 0 Å². The number of fused-ring (bicyclic) bond motifs is 1. The largest absolute Gasteiger partial charge is 0.378 e. The fourth-order valence-corrected chi connectivity index (χ4v) is 3.67. The Morgan fingerprint density at radius 2 is 2.36 bits per heavy atom. The Morgan fingerprint density at radius 3 is 3.18 bits per heavy atom. The van der Waals surface area contributed by atoms with Gasteiger partial charge in [0.25, 0.3) is 0 Å². The predicted molar refractivity (Wildman–Crippen MR) is 83.5 cm³/mol. The van der Waals surface area contributed by atoms with Crippen molar-refractivity contribution >= 4 is 6.03 Å². The molecule has 1 aromatic rings. The summed E-state index contributed by atoms with van der Waals surface area (Å²) in [6.45, 7) is 1.54. The van der Waals surface area contributed by atoms with Gasteiger partial charge in [-0.15, -0.1) is 0 Å². The van der Waals surface area contributed by atoms with E-state index in [9.17, 15) is 4.79 Å². The molecule has 3 rings (SSSR count). The molecule has 1 aliphatic heterocycles. The molecule has 2 fully saturated rings. The van der Waals surface area contributed by atoms with E-state index in [2.05, 4.69) is 15.7 Å². The van der Waals surface area contributed by atoms with Crippen LogP contribution >= 0.6 is 0 Å². The molecule has 1 saturated carbocycles. The van der Waals surface area contributed by atoms with Crippen molar-refractivity contribution in [3.8, 4) is 0 Å². The second-order valence-corrected chi connectivity index (χ2v) is 6.43. The number of urea groups is 1. The van der Waals surface area contributed by atoms with Gasteiger partial charge in [0.05, 0.1) is 12.3 Å². The molecule has 1 saturated heterocycles. The van der Waals surface area contributed by atoms with Gasteiger partial charge in [0.15, 0.2) is 0 Å². The molecule has 3 atom stereocenters. The van der Waals surface area contributed by atoms with Crippen LogP contribution in [-0.2, 0) is 18.2 Å². The highest BCUT2D eigenvalue weighted by atomic mass is 16.5. The molecule has 122 valence electrons. The van der Waals surface area contributed by atoms with Gasteiger partial charge < -0.3 is 15.4 Å². The highest BCUT2D eigenvalue weighted by Gasteiger charge is 2.38. The molecule has 2 N–H and O–H groups in total. The van der Waals surface area contributed by atoms with Crippen LogP contribution in [0.5, 0.6) is 0 Å². The molecular formula is C16H26N4O2. The number of carbonyl (C=O) groups excluding carboxylic acids is 1. The van der Waals surface area contributed by atoms with E-state index < -0.39 is 0 Å². The van der Waals surface area contributed by atoms with Crippen LogP contribution in [0.2, 0.25) is 0 Å². The highest BCUT2D eigenvalue weighted by Crippen LogP contribution is 2.34. The fourth-order valence-electron chi connectivity index (χ4n) is 3.67. The highest BCUT2D eigenvalue weighted by molar-refractivity contribution is 5.74. The van der Waals surface area contributed by atoms with E-state index in [4.69, 9.17) is 4.74 Å². The van der Waals surface area contributed by atoms with Gasteiger partial charge >= 0.3 is 6.03 Å². The molecular weight excluding hydrogens is 280 g/mol. The van der Waals surface area contributed by atoms with Gasteiger partial charge in [-0.25, -0.2) is 4.79 Å². The molecule has 0 spiro atoms. The van der Waals surface area contributed by atoms with Crippen molar-refractivity contribution < 1.29 is 9.53 Å². The zero-order chi connectivity index (χ0) is 15.4. The topological polar surface area (TPSA) is 68.2 Å². The van der Waals surface area contributed by atoms with Crippen LogP contribution in [0.15, 0.2) is 12.4 Å². The summed E-state index contributed by atoms with van der Waals surface area (Å²) in [5, 5.41) is 10.3. The second-order valence-electron chi connectivity index (χ2n) is 6.43. The molecule has 22 heavy (non-hydrogen) atoms. The van der Waals surface area contributed by atoms with Crippen molar-refractivity contribution in [1.29, 1.82) is 0 Å². The molecule has 2 amide bonds. The van der Waals surface area contributed by atoms with Crippen molar-refractivity contribution in [2.75, 3.05) is 13.2 Å². The standard InChI is InChI=1S/C16H26N4O2/c1-20-11-12(10-18-20)4-3-8-17-16(21)19-14-5-2-6-15-13(14)7-9-22-15/h10-11,13-15H,2-9H2,1H3,(H2,17,19,21)/t13-,14-,15-/m1/s1. The van der Waals surface area contributed by atoms with Crippen molar-refractivity contribution in [1.82, 2.24) is 20.4 Å². The third kappa shape index (κ3) is 3.80. The molecule has 6 heteroatoms. The summed E-state index contributed by atoms with van der Waals surface area (Å²) in [5.41, 5.74) is 1.21. The zero-order valence-electron chi connectivity index (χ0n) is 13.3. The number of carbonyl (C=O) groups is 1. The van der Waals surface area contributed by atoms with E-state index in [0.717, 1.165) is 45.1 Å². The van der Waals surface area contributed by atoms with Crippen LogP contribution in [0.4, 0.5) is 4.79 Å². The first-order valence-electron chi connectivity index (χ1n) is 8.36. The summed E-state index contributed by atoms with van der Waals surface area (Å²) < 4.78 is 7.54. The molecule has 2 aliphatic rings. The second kappa shape index (κ2) is 7.13. The van der Waals surface area contributed by atoms with Crippen molar-refractivity contribution in [2.24, 2.45) is 13.0 Å². The summed E-state index contributed by atoms with van der Waals surface area (Å²) in [6, 6.07) is 0.239. The number of hydrogen-bond donors (Lipinski definition) is 2. The number of nitrogens with one attached hydrogen (secondary N) is 2. The van der Waals surface area contributed by atoms with Crippen LogP contribution < -0.4 is 10.6 Å². The maximum absolute atomic E-state index is 12.0. The van der Waals surface area contributed by atoms with Crippen molar-refractivity contribution in [2.45, 2.75) is 50.7 Å². The first-order chi connectivity index (χ1) is 10.7. The predicted octanol–water partition coefficient (Wildman–Crippen LogP) is 1.61. The average Bonchev–Trinajstić information content (AvgIpc) is 3.13. The quantitative estimate of drug-likeness (QED) is 0.812. The lowest BCUT2D eigenvalue weighted by Gasteiger charge is -2.33. The minimum absolute atomic E-state index is 0.0382. The summed E-state index contributed by atoms with van der Waals surface area (Å²) in [4.78, 5) is 12.0. The Morgan fingerprint density at radius 1 is 1.45 bits per heavy atom. The number of ether oxygens (including phenoxy) is 1. The lowest BCUT2D eigenvalue weighted by Crippen LogP contribution is -2.49. The normalized spacial score (nSPS) is 27.4. The van der Waals surface area contributed by atoms with Crippen molar-refractivity contribution in [3.63, 3.8) is 0 Å². The average molecular weight is 306 g/mol. The fraction of sp³-hybridized carbons (Fsp3) is 0.750. The lowest BCUT2D eigenvalue weighted by atomic mass is 9.82. The van der Waals surface area contributed by atoms with E-state index in [0.29, 0.717) is 18.6 Å². The Hall–Kier alpha value is -1.56. The smallest absolute Gasteiger partial charge is 0.315 e. The van der Waals surface area contributed by atoms with Crippen LogP contribution in [0.1, 0.15) is 37.7 Å². The van der Waals surface area contributed by atoms with E-state index in [1.807, 2.05) is 19.4 Å². The third-order valence-electron chi connectivity index (χ3n) is 4.78. The number of nitrogens with zero attached hydrogens (tertiary/aromatic N) is 2. The third-order valence-corrected chi connectivity index (χ3v) is 4.78. The monoisotopic (exact) mass is 306 g/mol. The number of hydrogen-bond acceptors (Lipinski definition) is 3. The summed E-state index contributed by atoms with van der Waals surface area (Å²) in [6.07, 6.45) is 10.6. The van der Waals surface area contributed by atoms with Gasteiger partial charge in [0.1, 0.15) is 0 Å². The van der Waals surface area contributed by atoms with Gasteiger partial charge in [0, 0.05) is 38.4 Å². The summed E-state index contributed by atoms with van der Waals surface area (Å²) >= 11 is 0. The number of amides is 2. The molecule has 0 bridgehead atoms. The van der Waals surface area contributed by atoms with Gasteiger partial charge in [-0.3, -0.25) is 4.68 Å². The first-order valence-corrected chi connectivity index (χ1v) is 8.36. The Bertz CT molecular complexity index is 502. The minimum Gasteiger partial charge on any atom is -0.378 e. The molecule has 0 aromatic carbocycles. The molecule has 1 aliphatic carbocycles. The van der Waals surface area contributed by atoms with Crippen LogP contribution in [-0.4, -0.2) is 41.1 Å². The van der Waals surface area contributed by atoms with E-state index >= 15 is 0 Å². The van der Waals surface area contributed by atoms with Crippen molar-refractivity contribution in [3.05, 3.63) is 18.0 Å². The van der Waals surface area contributed by atoms with E-state index in [-0.39, 0.29) is 12.1 Å². The Labute approximate surface area is 131 Å². The SMILES string of the molecule is Cn1cc(CCCNC(=O)N[C@@H]2CCC[C@H]3OCC[C@H]23)cn1. The molecule has 0 radical (unpaired) electrons. The number of rotatable bonds is 5. The molecule has 0 unspecified atom stereocenters. The summed E-state index contributed by atoms with van der Waals surface area (Å²) in [7, 11) is 1.92. The van der Waals surface area contributed by atoms with Gasteiger partial charge in [-0.2, -0.15) is 5.10 Å². The maximum Gasteiger partial charge on any atom is 0.315 e. The van der Waals surface area contributed by atoms with E-state index in [1.165, 1.54) is 5.56 Å². The lowest BCUT2D eigenvalue weighted by molar-refractivity contribution is 0.0549. The minimum atomic E-state index is -0.0382. The summed E-state index contributed by atoms with van der Waals surface area (Å²) in [5.74, 6) is 0.509. The molecule has 6 nitrogen and oxygen atoms in total. The Kier molecular flexibility index (Phi) is 4.97. The van der Waals surface area contributed by atoms with Crippen LogP contribution in [0.25, 0.3) is 0 Å². The van der Waals surface area contributed by atoms with Gasteiger partial charge in [-0.1, -0.05) is 0 Å². The van der Waals surface area contributed by atoms with Gasteiger partial charge in [-0.05, 0) is 44.1 Å².